The van der Waals surface area contributed by atoms with Crippen LogP contribution in [0.3, 0.4) is 0 Å². The van der Waals surface area contributed by atoms with E-state index in [4.69, 9.17) is 4.74 Å². The lowest BCUT2D eigenvalue weighted by Gasteiger charge is -2.08. The van der Waals surface area contributed by atoms with Crippen LogP contribution in [0.25, 0.3) is 0 Å². The third-order valence-electron chi connectivity index (χ3n) is 2.45. The lowest BCUT2D eigenvalue weighted by molar-refractivity contribution is -0.146. The average Bonchev–Trinajstić information content (AvgIpc) is 2.27. The first-order valence-electron chi connectivity index (χ1n) is 5.42. The van der Waals surface area contributed by atoms with Gasteiger partial charge in [-0.2, -0.15) is 0 Å². The molecular formula is C13H18O2. The van der Waals surface area contributed by atoms with Crippen molar-refractivity contribution < 1.29 is 9.53 Å². The number of esters is 1. The van der Waals surface area contributed by atoms with Gasteiger partial charge >= 0.3 is 5.97 Å². The van der Waals surface area contributed by atoms with Gasteiger partial charge in [-0.25, -0.2) is 0 Å². The maximum atomic E-state index is 11.4. The molecule has 0 aromatic heterocycles. The number of hydrogen-bond acceptors (Lipinski definition) is 2. The van der Waals surface area contributed by atoms with E-state index in [9.17, 15) is 4.79 Å². The minimum atomic E-state index is -0.104. The summed E-state index contributed by atoms with van der Waals surface area (Å²) in [6, 6.07) is 9.74. The number of carbonyl (C=O) groups excluding carboxylic acids is 1. The normalized spacial score (nSPS) is 12.1. The first-order chi connectivity index (χ1) is 7.22. The number of carbonyl (C=O) groups is 1. The van der Waals surface area contributed by atoms with Crippen molar-refractivity contribution in [3.8, 4) is 0 Å². The van der Waals surface area contributed by atoms with E-state index < -0.39 is 0 Å². The summed E-state index contributed by atoms with van der Waals surface area (Å²) in [4.78, 5) is 11.4. The highest BCUT2D eigenvalue weighted by Crippen LogP contribution is 2.09. The van der Waals surface area contributed by atoms with Gasteiger partial charge in [0.05, 0.1) is 0 Å². The van der Waals surface area contributed by atoms with Crippen LogP contribution in [0.1, 0.15) is 32.3 Å². The Morgan fingerprint density at radius 2 is 2.00 bits per heavy atom. The number of ether oxygens (including phenoxy) is 1. The van der Waals surface area contributed by atoms with Gasteiger partial charge in [-0.1, -0.05) is 50.6 Å². The molecule has 0 amide bonds. The summed E-state index contributed by atoms with van der Waals surface area (Å²) in [6.45, 7) is 4.52. The first kappa shape index (κ1) is 11.8. The van der Waals surface area contributed by atoms with Crippen LogP contribution in [-0.2, 0) is 16.1 Å². The zero-order chi connectivity index (χ0) is 11.1. The first-order valence-corrected chi connectivity index (χ1v) is 5.42. The molecule has 0 fully saturated rings. The Bertz CT molecular complexity index is 293. The van der Waals surface area contributed by atoms with Gasteiger partial charge < -0.3 is 4.74 Å². The summed E-state index contributed by atoms with van der Waals surface area (Å²) >= 11 is 0. The minimum Gasteiger partial charge on any atom is -0.461 e. The maximum Gasteiger partial charge on any atom is 0.306 e. The molecule has 0 N–H and O–H groups in total. The van der Waals surface area contributed by atoms with Crippen LogP contribution in [0.4, 0.5) is 0 Å². The van der Waals surface area contributed by atoms with Crippen molar-refractivity contribution in [2.75, 3.05) is 0 Å². The molecule has 0 spiro atoms. The zero-order valence-corrected chi connectivity index (χ0v) is 9.40. The number of hydrogen-bond donors (Lipinski definition) is 0. The van der Waals surface area contributed by atoms with Gasteiger partial charge in [0.1, 0.15) is 6.61 Å². The van der Waals surface area contributed by atoms with Gasteiger partial charge in [-0.3, -0.25) is 4.79 Å². The molecule has 2 nitrogen and oxygen atoms in total. The molecule has 0 heterocycles. The molecule has 0 saturated heterocycles. The largest absolute Gasteiger partial charge is 0.461 e. The molecule has 0 radical (unpaired) electrons. The van der Waals surface area contributed by atoms with E-state index in [0.717, 1.165) is 12.0 Å². The molecule has 0 unspecified atom stereocenters. The fraction of sp³-hybridized carbons (Fsp3) is 0.462. The molecule has 0 aliphatic heterocycles. The van der Waals surface area contributed by atoms with Crippen LogP contribution in [0.15, 0.2) is 30.3 Å². The summed E-state index contributed by atoms with van der Waals surface area (Å²) in [5.41, 5.74) is 1.04. The Labute approximate surface area is 91.3 Å². The van der Waals surface area contributed by atoms with Crippen LogP contribution in [0.2, 0.25) is 0 Å². The Morgan fingerprint density at radius 1 is 1.33 bits per heavy atom. The molecule has 0 aliphatic carbocycles. The van der Waals surface area contributed by atoms with E-state index in [-0.39, 0.29) is 5.97 Å². The Morgan fingerprint density at radius 3 is 2.60 bits per heavy atom. The number of benzene rings is 1. The van der Waals surface area contributed by atoms with Gasteiger partial charge in [0, 0.05) is 6.42 Å². The third-order valence-corrected chi connectivity index (χ3v) is 2.45. The fourth-order valence-electron chi connectivity index (χ4n) is 1.23. The van der Waals surface area contributed by atoms with E-state index in [1.54, 1.807) is 0 Å². The second kappa shape index (κ2) is 6.23. The molecular weight excluding hydrogens is 188 g/mol. The molecule has 1 rings (SSSR count). The van der Waals surface area contributed by atoms with E-state index >= 15 is 0 Å². The lowest BCUT2D eigenvalue weighted by Crippen LogP contribution is -2.08. The predicted octanol–water partition coefficient (Wildman–Crippen LogP) is 3.17. The summed E-state index contributed by atoms with van der Waals surface area (Å²) in [6.07, 6.45) is 1.53. The Kier molecular flexibility index (Phi) is 4.88. The third kappa shape index (κ3) is 4.63. The van der Waals surface area contributed by atoms with Crippen molar-refractivity contribution in [1.29, 1.82) is 0 Å². The minimum absolute atomic E-state index is 0.104. The molecule has 1 aromatic carbocycles. The van der Waals surface area contributed by atoms with Crippen LogP contribution in [-0.4, -0.2) is 5.97 Å². The van der Waals surface area contributed by atoms with Crippen LogP contribution < -0.4 is 0 Å². The molecule has 0 aliphatic rings. The van der Waals surface area contributed by atoms with Gasteiger partial charge in [0.25, 0.3) is 0 Å². The molecule has 0 saturated carbocycles. The van der Waals surface area contributed by atoms with Crippen molar-refractivity contribution >= 4 is 5.97 Å². The molecule has 1 atom stereocenters. The van der Waals surface area contributed by atoms with Gasteiger partial charge in [0.15, 0.2) is 0 Å². The quantitative estimate of drug-likeness (QED) is 0.692. The van der Waals surface area contributed by atoms with Gasteiger partial charge in [-0.15, -0.1) is 0 Å². The summed E-state index contributed by atoms with van der Waals surface area (Å²) < 4.78 is 5.16. The lowest BCUT2D eigenvalue weighted by atomic mass is 10.1. The SMILES string of the molecule is CC[C@H](C)CC(=O)OCc1ccccc1. The Hall–Kier alpha value is -1.31. The predicted molar refractivity (Wildman–Crippen MR) is 60.3 cm³/mol. The summed E-state index contributed by atoms with van der Waals surface area (Å²) in [7, 11) is 0. The summed E-state index contributed by atoms with van der Waals surface area (Å²) in [5, 5.41) is 0. The van der Waals surface area contributed by atoms with Gasteiger partial charge in [-0.05, 0) is 11.5 Å². The maximum absolute atomic E-state index is 11.4. The molecule has 0 bridgehead atoms. The highest BCUT2D eigenvalue weighted by Gasteiger charge is 2.08. The highest BCUT2D eigenvalue weighted by atomic mass is 16.5. The van der Waals surface area contributed by atoms with Crippen molar-refractivity contribution in [3.63, 3.8) is 0 Å². The second-order valence-corrected chi connectivity index (χ2v) is 3.86. The van der Waals surface area contributed by atoms with Crippen LogP contribution >= 0.6 is 0 Å². The molecule has 2 heteroatoms. The topological polar surface area (TPSA) is 26.3 Å². The van der Waals surface area contributed by atoms with E-state index in [1.807, 2.05) is 30.3 Å². The second-order valence-electron chi connectivity index (χ2n) is 3.86. The van der Waals surface area contributed by atoms with E-state index in [2.05, 4.69) is 13.8 Å². The van der Waals surface area contributed by atoms with Crippen molar-refractivity contribution in [1.82, 2.24) is 0 Å². The van der Waals surface area contributed by atoms with Crippen molar-refractivity contribution in [2.24, 2.45) is 5.92 Å². The van der Waals surface area contributed by atoms with Crippen molar-refractivity contribution in [3.05, 3.63) is 35.9 Å². The van der Waals surface area contributed by atoms with Crippen LogP contribution in [0.5, 0.6) is 0 Å². The number of rotatable bonds is 5. The Balaban J connectivity index is 2.29. The zero-order valence-electron chi connectivity index (χ0n) is 9.40. The smallest absolute Gasteiger partial charge is 0.306 e. The van der Waals surface area contributed by atoms with E-state index in [1.165, 1.54) is 0 Å². The molecule has 15 heavy (non-hydrogen) atoms. The highest BCUT2D eigenvalue weighted by molar-refractivity contribution is 5.69. The fourth-order valence-corrected chi connectivity index (χ4v) is 1.23. The summed E-state index contributed by atoms with van der Waals surface area (Å²) in [5.74, 6) is 0.307. The standard InChI is InChI=1S/C13H18O2/c1-3-11(2)9-13(14)15-10-12-7-5-4-6-8-12/h4-8,11H,3,9-10H2,1-2H3/t11-/m0/s1. The van der Waals surface area contributed by atoms with E-state index in [0.29, 0.717) is 18.9 Å². The molecule has 1 aromatic rings. The monoisotopic (exact) mass is 206 g/mol. The van der Waals surface area contributed by atoms with Crippen LogP contribution in [0, 0.1) is 5.92 Å². The van der Waals surface area contributed by atoms with Crippen molar-refractivity contribution in [2.45, 2.75) is 33.3 Å². The van der Waals surface area contributed by atoms with Gasteiger partial charge in [0.2, 0.25) is 0 Å². The average molecular weight is 206 g/mol. The molecule has 82 valence electrons.